The molecule has 3 fully saturated rings. The van der Waals surface area contributed by atoms with Gasteiger partial charge in [0.15, 0.2) is 12.4 Å². The third-order valence-electron chi connectivity index (χ3n) is 7.77. The summed E-state index contributed by atoms with van der Waals surface area (Å²) >= 11 is 7.35. The fourth-order valence-electron chi connectivity index (χ4n) is 5.93. The van der Waals surface area contributed by atoms with Crippen LogP contribution in [0.15, 0.2) is 71.3 Å². The van der Waals surface area contributed by atoms with E-state index in [2.05, 4.69) is 31.9 Å². The Bertz CT molecular complexity index is 1490. The molecule has 3 aromatic rings. The lowest BCUT2D eigenvalue weighted by Gasteiger charge is -2.28. The van der Waals surface area contributed by atoms with E-state index in [1.165, 1.54) is 53.6 Å². The maximum absolute atomic E-state index is 13.3. The Labute approximate surface area is 245 Å². The van der Waals surface area contributed by atoms with Crippen molar-refractivity contribution in [3.8, 4) is 5.75 Å². The van der Waals surface area contributed by atoms with E-state index < -0.39 is 24.3 Å². The zero-order valence-electron chi connectivity index (χ0n) is 20.7. The van der Waals surface area contributed by atoms with Gasteiger partial charge in [-0.15, -0.1) is 0 Å². The largest absolute Gasteiger partial charge is 0.457 e. The van der Waals surface area contributed by atoms with Crippen molar-refractivity contribution in [2.45, 2.75) is 16.1 Å². The Morgan fingerprint density at radius 2 is 1.52 bits per heavy atom. The first-order valence-electron chi connectivity index (χ1n) is 12.6. The smallest absolute Gasteiger partial charge is 0.379 e. The zero-order valence-corrected chi connectivity index (χ0v) is 23.9. The van der Waals surface area contributed by atoms with Gasteiger partial charge in [0, 0.05) is 15.2 Å². The number of amides is 2. The molecular formula is C29H21Br2NO8. The average molecular weight is 671 g/mol. The number of rotatable bonds is 7. The van der Waals surface area contributed by atoms with Gasteiger partial charge < -0.3 is 13.9 Å². The summed E-state index contributed by atoms with van der Waals surface area (Å²) in [4.78, 5) is 65.4. The number of carbonyl (C=O) groups is 5. The molecule has 2 aliphatic carbocycles. The van der Waals surface area contributed by atoms with E-state index in [9.17, 15) is 24.0 Å². The van der Waals surface area contributed by atoms with Crippen molar-refractivity contribution in [2.75, 3.05) is 11.5 Å². The van der Waals surface area contributed by atoms with E-state index in [-0.39, 0.29) is 67.8 Å². The summed E-state index contributed by atoms with van der Waals surface area (Å²) < 4.78 is 15.4. The highest BCUT2D eigenvalue weighted by Crippen LogP contribution is 2.60. The van der Waals surface area contributed by atoms with Gasteiger partial charge in [0.1, 0.15) is 5.75 Å². The van der Waals surface area contributed by atoms with Gasteiger partial charge in [0.2, 0.25) is 17.6 Å². The number of nitrogens with zero attached hydrogens (tertiary/aromatic N) is 1. The van der Waals surface area contributed by atoms with E-state index in [1.807, 2.05) is 0 Å². The highest BCUT2D eigenvalue weighted by molar-refractivity contribution is 9.12. The van der Waals surface area contributed by atoms with Crippen molar-refractivity contribution in [3.63, 3.8) is 0 Å². The first kappa shape index (κ1) is 26.6. The fraction of sp³-hybridized carbons (Fsp3) is 0.276. The van der Waals surface area contributed by atoms with Gasteiger partial charge in [-0.05, 0) is 72.9 Å². The molecule has 3 aliphatic rings. The Morgan fingerprint density at radius 1 is 0.850 bits per heavy atom. The number of fused-ring (bicyclic) bond motifs is 5. The van der Waals surface area contributed by atoms with Gasteiger partial charge in [0.05, 0.1) is 29.3 Å². The molecule has 2 aromatic carbocycles. The Kier molecular flexibility index (Phi) is 6.95. The Balaban J connectivity index is 1.08. The van der Waals surface area contributed by atoms with Crippen LogP contribution in [0.25, 0.3) is 0 Å². The van der Waals surface area contributed by atoms with E-state index in [1.54, 1.807) is 18.2 Å². The number of halogens is 2. The number of ether oxygens (including phenoxy) is 2. The van der Waals surface area contributed by atoms with Crippen LogP contribution in [0.1, 0.15) is 37.7 Å². The van der Waals surface area contributed by atoms with Crippen LogP contribution in [0.2, 0.25) is 0 Å². The van der Waals surface area contributed by atoms with Gasteiger partial charge >= 0.3 is 11.9 Å². The summed E-state index contributed by atoms with van der Waals surface area (Å²) in [5.74, 6) is -2.71. The number of hydrogen-bond acceptors (Lipinski definition) is 8. The number of Topliss-reactive ketones (excluding diaryl/α,β-unsaturated/α-hetero) is 1. The highest BCUT2D eigenvalue weighted by Gasteiger charge is 2.66. The van der Waals surface area contributed by atoms with Crippen molar-refractivity contribution in [1.29, 1.82) is 0 Å². The Morgan fingerprint density at radius 3 is 2.15 bits per heavy atom. The minimum atomic E-state index is -0.764. The summed E-state index contributed by atoms with van der Waals surface area (Å²) in [6.07, 6.45) is 2.18. The maximum Gasteiger partial charge on any atom is 0.379 e. The van der Waals surface area contributed by atoms with Crippen molar-refractivity contribution < 1.29 is 37.9 Å². The highest BCUT2D eigenvalue weighted by atomic mass is 79.9. The molecule has 9 nitrogen and oxygen atoms in total. The molecule has 6 unspecified atom stereocenters. The molecule has 40 heavy (non-hydrogen) atoms. The van der Waals surface area contributed by atoms with E-state index >= 15 is 0 Å². The third kappa shape index (κ3) is 4.50. The maximum atomic E-state index is 13.3. The lowest BCUT2D eigenvalue weighted by atomic mass is 9.81. The molecule has 0 spiro atoms. The second-order valence-corrected chi connectivity index (χ2v) is 12.1. The fourth-order valence-corrected chi connectivity index (χ4v) is 7.81. The third-order valence-corrected chi connectivity index (χ3v) is 11.0. The normalized spacial score (nSPS) is 26.6. The summed E-state index contributed by atoms with van der Waals surface area (Å²) in [7, 11) is 0. The molecule has 2 bridgehead atoms. The van der Waals surface area contributed by atoms with E-state index in [0.717, 1.165) is 6.42 Å². The van der Waals surface area contributed by atoms with Crippen molar-refractivity contribution in [1.82, 2.24) is 0 Å². The summed E-state index contributed by atoms with van der Waals surface area (Å²) in [6.45, 7) is -0.525. The first-order chi connectivity index (χ1) is 19.2. The second kappa shape index (κ2) is 10.4. The molecule has 1 aliphatic heterocycles. The van der Waals surface area contributed by atoms with Gasteiger partial charge in [-0.1, -0.05) is 37.9 Å². The van der Waals surface area contributed by atoms with Crippen LogP contribution in [0.5, 0.6) is 5.75 Å². The predicted octanol–water partition coefficient (Wildman–Crippen LogP) is 4.82. The van der Waals surface area contributed by atoms with Crippen molar-refractivity contribution >= 4 is 67.1 Å². The second-order valence-electron chi connectivity index (χ2n) is 9.96. The molecule has 6 atom stereocenters. The summed E-state index contributed by atoms with van der Waals surface area (Å²) in [6, 6.07) is 14.9. The molecule has 1 saturated heterocycles. The van der Waals surface area contributed by atoms with Crippen LogP contribution >= 0.6 is 31.9 Å². The SMILES string of the molecule is O=C(COC(=O)c1cccc(N2C(=O)C3C4CC(C(Br)C4Br)C3C2=O)c1)c1ccc(OC(=O)c2ccco2)cc1. The molecule has 6 rings (SSSR count). The summed E-state index contributed by atoms with van der Waals surface area (Å²) in [5.41, 5.74) is 0.674. The predicted molar refractivity (Wildman–Crippen MR) is 148 cm³/mol. The standard InChI is InChI=1S/C29H21Br2NO8/c30-24-18-12-19(25(24)31)23-22(18)26(34)32(27(23)35)16-4-1-3-15(11-16)28(36)39-13-20(33)14-6-8-17(9-7-14)40-29(37)21-5-2-10-38-21/h1-11,18-19,22-25H,12-13H2. The molecular weight excluding hydrogens is 650 g/mol. The Hall–Kier alpha value is -3.57. The lowest BCUT2D eigenvalue weighted by Crippen LogP contribution is -2.37. The first-order valence-corrected chi connectivity index (χ1v) is 14.4. The number of hydrogen-bond donors (Lipinski definition) is 0. The van der Waals surface area contributed by atoms with Gasteiger partial charge in [-0.2, -0.15) is 0 Å². The molecule has 2 heterocycles. The number of anilines is 1. The molecule has 204 valence electrons. The molecule has 0 N–H and O–H groups in total. The van der Waals surface area contributed by atoms with Crippen molar-refractivity contribution in [3.05, 3.63) is 83.8 Å². The minimum Gasteiger partial charge on any atom is -0.457 e. The van der Waals surface area contributed by atoms with Gasteiger partial charge in [0.25, 0.3) is 0 Å². The number of alkyl halides is 2. The minimum absolute atomic E-state index is 0.0460. The number of imide groups is 1. The van der Waals surface area contributed by atoms with Crippen LogP contribution in [0.3, 0.4) is 0 Å². The van der Waals surface area contributed by atoms with Crippen molar-refractivity contribution in [2.24, 2.45) is 23.7 Å². The molecule has 0 radical (unpaired) electrons. The van der Waals surface area contributed by atoms with Crippen LogP contribution in [0, 0.1) is 23.7 Å². The number of carbonyl (C=O) groups excluding carboxylic acids is 5. The molecule has 2 amide bonds. The average Bonchev–Trinajstić information content (AvgIpc) is 3.73. The van der Waals surface area contributed by atoms with Crippen LogP contribution in [0.4, 0.5) is 5.69 Å². The van der Waals surface area contributed by atoms with Crippen LogP contribution in [-0.2, 0) is 14.3 Å². The van der Waals surface area contributed by atoms with Crippen LogP contribution < -0.4 is 9.64 Å². The van der Waals surface area contributed by atoms with Crippen LogP contribution in [-0.4, -0.2) is 45.8 Å². The van der Waals surface area contributed by atoms with E-state index in [4.69, 9.17) is 13.9 Å². The monoisotopic (exact) mass is 669 g/mol. The number of esters is 2. The molecule has 1 aromatic heterocycles. The lowest BCUT2D eigenvalue weighted by molar-refractivity contribution is -0.123. The van der Waals surface area contributed by atoms with Gasteiger partial charge in [-0.25, -0.2) is 9.59 Å². The quantitative estimate of drug-likeness (QED) is 0.115. The summed E-state index contributed by atoms with van der Waals surface area (Å²) in [5, 5.41) is 0. The number of ketones is 1. The van der Waals surface area contributed by atoms with Gasteiger partial charge in [-0.3, -0.25) is 19.3 Å². The molecule has 11 heteroatoms. The van der Waals surface area contributed by atoms with E-state index in [0.29, 0.717) is 5.69 Å². The number of furan rings is 1. The zero-order chi connectivity index (χ0) is 28.1. The molecule has 2 saturated carbocycles. The topological polar surface area (TPSA) is 120 Å². The number of benzene rings is 2.